The minimum atomic E-state index is -0.503. The number of para-hydroxylation sites is 2. The smallest absolute Gasteiger partial charge is 0.321 e. The predicted molar refractivity (Wildman–Crippen MR) is 110 cm³/mol. The third kappa shape index (κ3) is 4.28. The molecule has 0 aliphatic rings. The van der Waals surface area contributed by atoms with Gasteiger partial charge >= 0.3 is 6.03 Å². The number of fused-ring (bicyclic) bond motifs is 1. The zero-order valence-electron chi connectivity index (χ0n) is 15.9. The first kappa shape index (κ1) is 19.8. The SMILES string of the molecule is CCNC(=O)NC(=O)C(C)Sc1nc2ccccc2n1-c1ccc(OC)cc1. The standard InChI is InChI=1S/C20H22N4O3S/c1-4-21-19(26)23-18(25)13(2)28-20-22-16-7-5-6-8-17(16)24(20)14-9-11-15(27-3)12-10-14/h5-13H,4H2,1-3H3,(H2,21,23,25,26). The molecule has 0 radical (unpaired) electrons. The minimum absolute atomic E-state index is 0.371. The first-order valence-electron chi connectivity index (χ1n) is 8.90. The Labute approximate surface area is 167 Å². The normalized spacial score (nSPS) is 11.8. The van der Waals surface area contributed by atoms with Crippen LogP contribution in [0.4, 0.5) is 4.79 Å². The molecular formula is C20H22N4O3S. The van der Waals surface area contributed by atoms with Gasteiger partial charge in [-0.05, 0) is 50.2 Å². The van der Waals surface area contributed by atoms with Crippen LogP contribution in [0.2, 0.25) is 0 Å². The zero-order chi connectivity index (χ0) is 20.1. The first-order chi connectivity index (χ1) is 13.5. The third-order valence-electron chi connectivity index (χ3n) is 4.09. The van der Waals surface area contributed by atoms with Crippen molar-refractivity contribution in [2.24, 2.45) is 0 Å². The molecule has 0 saturated carbocycles. The van der Waals surface area contributed by atoms with Gasteiger partial charge < -0.3 is 10.1 Å². The summed E-state index contributed by atoms with van der Waals surface area (Å²) in [5.41, 5.74) is 2.68. The van der Waals surface area contributed by atoms with Gasteiger partial charge in [0.25, 0.3) is 0 Å². The number of imide groups is 1. The number of thioether (sulfide) groups is 1. The molecule has 3 rings (SSSR count). The van der Waals surface area contributed by atoms with E-state index in [4.69, 9.17) is 4.74 Å². The van der Waals surface area contributed by atoms with E-state index >= 15 is 0 Å². The number of methoxy groups -OCH3 is 1. The summed E-state index contributed by atoms with van der Waals surface area (Å²) in [5.74, 6) is 0.390. The lowest BCUT2D eigenvalue weighted by Crippen LogP contribution is -2.42. The van der Waals surface area contributed by atoms with E-state index < -0.39 is 11.3 Å². The molecule has 1 heterocycles. The fraction of sp³-hybridized carbons (Fsp3) is 0.250. The Morgan fingerprint density at radius 3 is 2.57 bits per heavy atom. The van der Waals surface area contributed by atoms with Gasteiger partial charge in [0.1, 0.15) is 5.75 Å². The number of hydrogen-bond donors (Lipinski definition) is 2. The monoisotopic (exact) mass is 398 g/mol. The van der Waals surface area contributed by atoms with Crippen molar-refractivity contribution in [2.45, 2.75) is 24.3 Å². The van der Waals surface area contributed by atoms with E-state index in [1.165, 1.54) is 11.8 Å². The minimum Gasteiger partial charge on any atom is -0.497 e. The van der Waals surface area contributed by atoms with E-state index in [9.17, 15) is 9.59 Å². The van der Waals surface area contributed by atoms with Crippen LogP contribution < -0.4 is 15.4 Å². The van der Waals surface area contributed by atoms with Crippen LogP contribution in [0.15, 0.2) is 53.7 Å². The highest BCUT2D eigenvalue weighted by Crippen LogP contribution is 2.31. The Kier molecular flexibility index (Phi) is 6.20. The van der Waals surface area contributed by atoms with Crippen molar-refractivity contribution in [1.29, 1.82) is 0 Å². The predicted octanol–water partition coefficient (Wildman–Crippen LogP) is 3.36. The maximum absolute atomic E-state index is 12.3. The van der Waals surface area contributed by atoms with Crippen LogP contribution in [0.1, 0.15) is 13.8 Å². The molecule has 7 nitrogen and oxygen atoms in total. The van der Waals surface area contributed by atoms with Crippen molar-refractivity contribution in [3.05, 3.63) is 48.5 Å². The summed E-state index contributed by atoms with van der Waals surface area (Å²) in [6.45, 7) is 3.99. The molecule has 2 aromatic carbocycles. The van der Waals surface area contributed by atoms with Crippen molar-refractivity contribution < 1.29 is 14.3 Å². The molecule has 8 heteroatoms. The van der Waals surface area contributed by atoms with E-state index in [1.807, 2.05) is 53.1 Å². The largest absolute Gasteiger partial charge is 0.497 e. The summed E-state index contributed by atoms with van der Waals surface area (Å²) in [7, 11) is 1.62. The highest BCUT2D eigenvalue weighted by atomic mass is 32.2. The third-order valence-corrected chi connectivity index (χ3v) is 5.14. The lowest BCUT2D eigenvalue weighted by Gasteiger charge is -2.13. The van der Waals surface area contributed by atoms with Gasteiger partial charge in [-0.1, -0.05) is 23.9 Å². The Balaban J connectivity index is 1.92. The van der Waals surface area contributed by atoms with E-state index in [0.29, 0.717) is 11.7 Å². The zero-order valence-corrected chi connectivity index (χ0v) is 16.7. The summed E-state index contributed by atoms with van der Waals surface area (Å²) in [6.07, 6.45) is 0. The van der Waals surface area contributed by atoms with Crippen molar-refractivity contribution in [3.63, 3.8) is 0 Å². The van der Waals surface area contributed by atoms with Gasteiger partial charge in [0.05, 0.1) is 23.4 Å². The highest BCUT2D eigenvalue weighted by Gasteiger charge is 2.21. The molecule has 146 valence electrons. The Morgan fingerprint density at radius 2 is 1.89 bits per heavy atom. The number of aromatic nitrogens is 2. The van der Waals surface area contributed by atoms with Crippen molar-refractivity contribution in [1.82, 2.24) is 20.2 Å². The second-order valence-corrected chi connectivity index (χ2v) is 7.33. The van der Waals surface area contributed by atoms with Gasteiger partial charge in [-0.25, -0.2) is 9.78 Å². The number of rotatable bonds is 6. The van der Waals surface area contributed by atoms with Crippen LogP contribution in [-0.4, -0.2) is 40.4 Å². The number of urea groups is 1. The van der Waals surface area contributed by atoms with Gasteiger partial charge in [0.2, 0.25) is 5.91 Å². The number of nitrogens with zero attached hydrogens (tertiary/aromatic N) is 2. The molecule has 0 bridgehead atoms. The van der Waals surface area contributed by atoms with Gasteiger partial charge in [0.15, 0.2) is 5.16 Å². The average molecular weight is 398 g/mol. The number of benzene rings is 2. The lowest BCUT2D eigenvalue weighted by atomic mass is 10.2. The summed E-state index contributed by atoms with van der Waals surface area (Å²) >= 11 is 1.30. The molecule has 1 unspecified atom stereocenters. The van der Waals surface area contributed by atoms with Gasteiger partial charge in [0, 0.05) is 12.2 Å². The molecular weight excluding hydrogens is 376 g/mol. The fourth-order valence-electron chi connectivity index (χ4n) is 2.69. The molecule has 0 aliphatic carbocycles. The Hall–Kier alpha value is -3.00. The van der Waals surface area contributed by atoms with Crippen molar-refractivity contribution >= 4 is 34.7 Å². The number of ether oxygens (including phenoxy) is 1. The average Bonchev–Trinajstić information content (AvgIpc) is 3.05. The summed E-state index contributed by atoms with van der Waals surface area (Å²) in [4.78, 5) is 28.6. The number of amides is 3. The van der Waals surface area contributed by atoms with Crippen LogP contribution in [0.5, 0.6) is 5.75 Å². The molecule has 0 fully saturated rings. The van der Waals surface area contributed by atoms with Crippen molar-refractivity contribution in [2.75, 3.05) is 13.7 Å². The number of nitrogens with one attached hydrogen (secondary N) is 2. The molecule has 0 saturated heterocycles. The molecule has 2 N–H and O–H groups in total. The van der Waals surface area contributed by atoms with E-state index in [1.54, 1.807) is 21.0 Å². The number of imidazole rings is 1. The lowest BCUT2D eigenvalue weighted by molar-refractivity contribution is -0.119. The molecule has 3 amide bonds. The van der Waals surface area contributed by atoms with Gasteiger partial charge in [-0.3, -0.25) is 14.7 Å². The second-order valence-electron chi connectivity index (χ2n) is 6.03. The van der Waals surface area contributed by atoms with Crippen LogP contribution in [0.25, 0.3) is 16.7 Å². The maximum Gasteiger partial charge on any atom is 0.321 e. The van der Waals surface area contributed by atoms with Crippen LogP contribution >= 0.6 is 11.8 Å². The molecule has 1 aromatic heterocycles. The molecule has 0 spiro atoms. The van der Waals surface area contributed by atoms with Gasteiger partial charge in [-0.2, -0.15) is 0 Å². The number of carbonyl (C=O) groups is 2. The second kappa shape index (κ2) is 8.79. The van der Waals surface area contributed by atoms with E-state index in [2.05, 4.69) is 15.6 Å². The van der Waals surface area contributed by atoms with Crippen molar-refractivity contribution in [3.8, 4) is 11.4 Å². The maximum atomic E-state index is 12.3. The molecule has 3 aromatic rings. The Morgan fingerprint density at radius 1 is 1.18 bits per heavy atom. The fourth-order valence-corrected chi connectivity index (χ4v) is 3.64. The van der Waals surface area contributed by atoms with Crippen LogP contribution in [0, 0.1) is 0 Å². The quantitative estimate of drug-likeness (QED) is 0.622. The highest BCUT2D eigenvalue weighted by molar-refractivity contribution is 8.00. The first-order valence-corrected chi connectivity index (χ1v) is 9.78. The van der Waals surface area contributed by atoms with Crippen LogP contribution in [0.3, 0.4) is 0 Å². The number of hydrogen-bond acceptors (Lipinski definition) is 5. The molecule has 1 atom stereocenters. The molecule has 28 heavy (non-hydrogen) atoms. The van der Waals surface area contributed by atoms with Crippen LogP contribution in [-0.2, 0) is 4.79 Å². The summed E-state index contributed by atoms with van der Waals surface area (Å²) < 4.78 is 7.23. The number of carbonyl (C=O) groups excluding carboxylic acids is 2. The molecule has 0 aliphatic heterocycles. The summed E-state index contributed by atoms with van der Waals surface area (Å²) in [6, 6.07) is 14.9. The van der Waals surface area contributed by atoms with E-state index in [0.717, 1.165) is 22.5 Å². The van der Waals surface area contributed by atoms with E-state index in [-0.39, 0.29) is 5.91 Å². The Bertz CT molecular complexity index is 985. The summed E-state index contributed by atoms with van der Waals surface area (Å²) in [5, 5.41) is 5.07. The topological polar surface area (TPSA) is 85.3 Å². The van der Waals surface area contributed by atoms with Gasteiger partial charge in [-0.15, -0.1) is 0 Å².